The van der Waals surface area contributed by atoms with Gasteiger partial charge in [-0.3, -0.25) is 0 Å². The third-order valence-electron chi connectivity index (χ3n) is 2.07. The molecule has 1 heterocycles. The zero-order valence-corrected chi connectivity index (χ0v) is 8.91. The summed E-state index contributed by atoms with van der Waals surface area (Å²) in [4.78, 5) is 0. The number of furan rings is 1. The van der Waals surface area contributed by atoms with Crippen molar-refractivity contribution >= 4 is 20.8 Å². The molecule has 0 aliphatic heterocycles. The van der Waals surface area contributed by atoms with Crippen LogP contribution in [0.1, 0.15) is 5.56 Å². The van der Waals surface area contributed by atoms with Crippen LogP contribution in [0.4, 0.5) is 0 Å². The van der Waals surface area contributed by atoms with Crippen LogP contribution in [-0.2, 0) is 15.6 Å². The molecular formula is C10H10O4S. The number of phenolic OH excluding ortho intramolecular Hbond substituents is 1. The molecule has 0 radical (unpaired) electrons. The van der Waals surface area contributed by atoms with E-state index < -0.39 is 9.84 Å². The minimum absolute atomic E-state index is 0.0416. The van der Waals surface area contributed by atoms with E-state index in [9.17, 15) is 13.5 Å². The topological polar surface area (TPSA) is 67.5 Å². The quantitative estimate of drug-likeness (QED) is 0.846. The van der Waals surface area contributed by atoms with Crippen LogP contribution in [0.5, 0.6) is 5.75 Å². The molecular weight excluding hydrogens is 216 g/mol. The summed E-state index contributed by atoms with van der Waals surface area (Å²) in [6.45, 7) is 0. The van der Waals surface area contributed by atoms with Gasteiger partial charge >= 0.3 is 0 Å². The summed E-state index contributed by atoms with van der Waals surface area (Å²) in [7, 11) is -3.13. The van der Waals surface area contributed by atoms with E-state index >= 15 is 0 Å². The van der Waals surface area contributed by atoms with Crippen molar-refractivity contribution < 1.29 is 17.9 Å². The Hall–Kier alpha value is -1.49. The predicted molar refractivity (Wildman–Crippen MR) is 56.4 cm³/mol. The van der Waals surface area contributed by atoms with Crippen LogP contribution in [0.2, 0.25) is 0 Å². The van der Waals surface area contributed by atoms with Gasteiger partial charge in [-0.2, -0.15) is 0 Å². The molecule has 0 unspecified atom stereocenters. The molecule has 0 bridgehead atoms. The van der Waals surface area contributed by atoms with E-state index in [-0.39, 0.29) is 11.5 Å². The standard InChI is InChI=1S/C10H10O4S/c1-15(12,13)6-7-5-14-9-4-2-3-8(11)10(7)9/h2-5,11H,6H2,1H3. The largest absolute Gasteiger partial charge is 0.507 e. The minimum Gasteiger partial charge on any atom is -0.507 e. The average Bonchev–Trinajstić information content (AvgIpc) is 2.47. The molecule has 0 aliphatic rings. The lowest BCUT2D eigenvalue weighted by Crippen LogP contribution is -1.99. The molecule has 80 valence electrons. The van der Waals surface area contributed by atoms with E-state index in [0.29, 0.717) is 16.5 Å². The van der Waals surface area contributed by atoms with Crippen LogP contribution in [-0.4, -0.2) is 19.8 Å². The Morgan fingerprint density at radius 2 is 2.13 bits per heavy atom. The van der Waals surface area contributed by atoms with Crippen LogP contribution < -0.4 is 0 Å². The van der Waals surface area contributed by atoms with Gasteiger partial charge in [0.25, 0.3) is 0 Å². The van der Waals surface area contributed by atoms with Gasteiger partial charge in [0.15, 0.2) is 9.84 Å². The molecule has 2 aromatic rings. The van der Waals surface area contributed by atoms with Gasteiger partial charge in [-0.05, 0) is 12.1 Å². The van der Waals surface area contributed by atoms with E-state index in [4.69, 9.17) is 4.42 Å². The van der Waals surface area contributed by atoms with E-state index in [0.717, 1.165) is 6.26 Å². The maximum Gasteiger partial charge on any atom is 0.151 e. The number of rotatable bonds is 2. The van der Waals surface area contributed by atoms with Crippen molar-refractivity contribution in [3.63, 3.8) is 0 Å². The highest BCUT2D eigenvalue weighted by Crippen LogP contribution is 2.30. The summed E-state index contributed by atoms with van der Waals surface area (Å²) in [5, 5.41) is 10.1. The van der Waals surface area contributed by atoms with Gasteiger partial charge in [0.1, 0.15) is 11.3 Å². The first kappa shape index (κ1) is 10.0. The molecule has 0 aliphatic carbocycles. The zero-order chi connectivity index (χ0) is 11.1. The number of phenols is 1. The van der Waals surface area contributed by atoms with Crippen molar-refractivity contribution in [3.8, 4) is 5.75 Å². The highest BCUT2D eigenvalue weighted by molar-refractivity contribution is 7.89. The lowest BCUT2D eigenvalue weighted by atomic mass is 10.2. The zero-order valence-electron chi connectivity index (χ0n) is 8.10. The van der Waals surface area contributed by atoms with Crippen LogP contribution in [0.3, 0.4) is 0 Å². The SMILES string of the molecule is CS(=O)(=O)Cc1coc2cccc(O)c12. The summed E-state index contributed by atoms with van der Waals surface area (Å²) in [6, 6.07) is 4.83. The summed E-state index contributed by atoms with van der Waals surface area (Å²) in [5.74, 6) is -0.0858. The number of sulfone groups is 1. The number of fused-ring (bicyclic) bond motifs is 1. The maximum atomic E-state index is 11.1. The summed E-state index contributed by atoms with van der Waals surface area (Å²) in [6.07, 6.45) is 2.51. The average molecular weight is 226 g/mol. The summed E-state index contributed by atoms with van der Waals surface area (Å²) < 4.78 is 27.4. The number of aromatic hydroxyl groups is 1. The molecule has 2 rings (SSSR count). The van der Waals surface area contributed by atoms with Crippen molar-refractivity contribution in [2.75, 3.05) is 6.26 Å². The Bertz CT molecular complexity index is 595. The Labute approximate surface area is 87.1 Å². The first-order valence-corrected chi connectivity index (χ1v) is 6.39. The molecule has 0 atom stereocenters. The third-order valence-corrected chi connectivity index (χ3v) is 2.91. The molecule has 0 amide bonds. The first-order valence-electron chi connectivity index (χ1n) is 4.33. The Morgan fingerprint density at radius 3 is 2.80 bits per heavy atom. The third kappa shape index (κ3) is 1.97. The second kappa shape index (κ2) is 3.27. The molecule has 0 spiro atoms. The van der Waals surface area contributed by atoms with Crippen LogP contribution >= 0.6 is 0 Å². The molecule has 1 aromatic carbocycles. The predicted octanol–water partition coefficient (Wildman–Crippen LogP) is 1.68. The van der Waals surface area contributed by atoms with Gasteiger partial charge in [0, 0.05) is 11.8 Å². The van der Waals surface area contributed by atoms with Crippen LogP contribution in [0.15, 0.2) is 28.9 Å². The molecule has 4 nitrogen and oxygen atoms in total. The molecule has 1 N–H and O–H groups in total. The minimum atomic E-state index is -3.13. The smallest absolute Gasteiger partial charge is 0.151 e. The van der Waals surface area contributed by atoms with Gasteiger partial charge in [-0.1, -0.05) is 6.07 Å². The fourth-order valence-electron chi connectivity index (χ4n) is 1.52. The Morgan fingerprint density at radius 1 is 1.40 bits per heavy atom. The van der Waals surface area contributed by atoms with Gasteiger partial charge in [-0.15, -0.1) is 0 Å². The van der Waals surface area contributed by atoms with Crippen molar-refractivity contribution in [2.24, 2.45) is 0 Å². The fraction of sp³-hybridized carbons (Fsp3) is 0.200. The molecule has 15 heavy (non-hydrogen) atoms. The van der Waals surface area contributed by atoms with Gasteiger partial charge < -0.3 is 9.52 Å². The van der Waals surface area contributed by atoms with Gasteiger partial charge in [-0.25, -0.2) is 8.42 Å². The highest BCUT2D eigenvalue weighted by Gasteiger charge is 2.13. The van der Waals surface area contributed by atoms with E-state index in [1.54, 1.807) is 12.1 Å². The second-order valence-corrected chi connectivity index (χ2v) is 5.62. The van der Waals surface area contributed by atoms with Crippen molar-refractivity contribution in [3.05, 3.63) is 30.0 Å². The van der Waals surface area contributed by atoms with E-state index in [1.165, 1.54) is 12.3 Å². The molecule has 0 saturated carbocycles. The summed E-state index contributed by atoms with van der Waals surface area (Å²) in [5.41, 5.74) is 0.985. The Balaban J connectivity index is 2.63. The second-order valence-electron chi connectivity index (χ2n) is 3.48. The highest BCUT2D eigenvalue weighted by atomic mass is 32.2. The van der Waals surface area contributed by atoms with Crippen molar-refractivity contribution in [1.29, 1.82) is 0 Å². The van der Waals surface area contributed by atoms with Crippen LogP contribution in [0.25, 0.3) is 11.0 Å². The van der Waals surface area contributed by atoms with Gasteiger partial charge in [0.2, 0.25) is 0 Å². The van der Waals surface area contributed by atoms with Crippen molar-refractivity contribution in [1.82, 2.24) is 0 Å². The molecule has 5 heteroatoms. The number of hydrogen-bond acceptors (Lipinski definition) is 4. The fourth-order valence-corrected chi connectivity index (χ4v) is 2.30. The summed E-state index contributed by atoms with van der Waals surface area (Å²) >= 11 is 0. The monoisotopic (exact) mass is 226 g/mol. The van der Waals surface area contributed by atoms with E-state index in [2.05, 4.69) is 0 Å². The lowest BCUT2D eigenvalue weighted by molar-refractivity contribution is 0.481. The van der Waals surface area contributed by atoms with Crippen molar-refractivity contribution in [2.45, 2.75) is 5.75 Å². The number of hydrogen-bond donors (Lipinski definition) is 1. The Kier molecular flexibility index (Phi) is 2.19. The maximum absolute atomic E-state index is 11.1. The molecule has 1 aromatic heterocycles. The van der Waals surface area contributed by atoms with Crippen LogP contribution in [0, 0.1) is 0 Å². The molecule has 0 fully saturated rings. The first-order chi connectivity index (χ1) is 6.97. The lowest BCUT2D eigenvalue weighted by Gasteiger charge is -1.97. The molecule has 0 saturated heterocycles. The van der Waals surface area contributed by atoms with E-state index in [1.807, 2.05) is 0 Å². The number of benzene rings is 1. The normalized spacial score (nSPS) is 12.1. The van der Waals surface area contributed by atoms with Gasteiger partial charge in [0.05, 0.1) is 17.4 Å².